The molecule has 8 heteroatoms. The first-order valence-corrected chi connectivity index (χ1v) is 9.67. The van der Waals surface area contributed by atoms with Gasteiger partial charge in [0, 0.05) is 4.88 Å². The highest BCUT2D eigenvalue weighted by molar-refractivity contribution is 7.18. The van der Waals surface area contributed by atoms with Gasteiger partial charge in [-0.15, -0.1) is 11.3 Å². The molecule has 146 valence electrons. The number of amides is 1. The van der Waals surface area contributed by atoms with Gasteiger partial charge in [-0.3, -0.25) is 14.4 Å². The Hall–Kier alpha value is -3.00. The first-order valence-electron chi connectivity index (χ1n) is 8.85. The minimum absolute atomic E-state index is 0.187. The molecule has 0 aliphatic rings. The Kier molecular flexibility index (Phi) is 5.89. The average Bonchev–Trinajstić information content (AvgIpc) is 2.95. The lowest BCUT2D eigenvalue weighted by molar-refractivity contribution is -0.148. The number of rotatable bonds is 6. The van der Waals surface area contributed by atoms with Gasteiger partial charge in [-0.1, -0.05) is 30.3 Å². The molecule has 1 aromatic carbocycles. The molecular formula is C20H21N3O4S. The number of carbonyl (C=O) groups excluding carboxylic acids is 2. The van der Waals surface area contributed by atoms with Crippen molar-refractivity contribution in [1.29, 1.82) is 0 Å². The van der Waals surface area contributed by atoms with Gasteiger partial charge in [0.25, 0.3) is 5.56 Å². The molecule has 0 fully saturated rings. The van der Waals surface area contributed by atoms with Crippen LogP contribution in [0.2, 0.25) is 0 Å². The zero-order valence-electron chi connectivity index (χ0n) is 15.9. The van der Waals surface area contributed by atoms with Crippen LogP contribution in [0.15, 0.2) is 35.1 Å². The first kappa shape index (κ1) is 19.8. The van der Waals surface area contributed by atoms with Gasteiger partial charge in [0.2, 0.25) is 5.91 Å². The normalized spacial score (nSPS) is 12.0. The minimum atomic E-state index is -0.738. The Morgan fingerprint density at radius 2 is 1.96 bits per heavy atom. The van der Waals surface area contributed by atoms with Crippen LogP contribution in [0, 0.1) is 13.8 Å². The fourth-order valence-electron chi connectivity index (χ4n) is 2.77. The Morgan fingerprint density at radius 3 is 2.68 bits per heavy atom. The van der Waals surface area contributed by atoms with Gasteiger partial charge < -0.3 is 15.0 Å². The summed E-state index contributed by atoms with van der Waals surface area (Å²) in [6.45, 7) is 5.19. The lowest BCUT2D eigenvalue weighted by Crippen LogP contribution is -2.32. The number of esters is 1. The summed E-state index contributed by atoms with van der Waals surface area (Å²) in [5, 5.41) is 3.10. The fourth-order valence-corrected chi connectivity index (χ4v) is 3.81. The topological polar surface area (TPSA) is 101 Å². The predicted molar refractivity (Wildman–Crippen MR) is 107 cm³/mol. The number of H-pyrrole nitrogens is 1. The van der Waals surface area contributed by atoms with E-state index in [1.54, 1.807) is 6.92 Å². The highest BCUT2D eigenvalue weighted by atomic mass is 32.1. The zero-order chi connectivity index (χ0) is 20.3. The van der Waals surface area contributed by atoms with Crippen LogP contribution in [-0.4, -0.2) is 28.4 Å². The summed E-state index contributed by atoms with van der Waals surface area (Å²) in [6.07, 6.45) is -0.551. The van der Waals surface area contributed by atoms with Crippen molar-refractivity contribution in [3.63, 3.8) is 0 Å². The summed E-state index contributed by atoms with van der Waals surface area (Å²) in [4.78, 5) is 45.0. The monoisotopic (exact) mass is 399 g/mol. The summed E-state index contributed by atoms with van der Waals surface area (Å²) in [6, 6.07) is 9.24. The summed E-state index contributed by atoms with van der Waals surface area (Å²) < 4.78 is 5.30. The number of fused-ring (bicyclic) bond motifs is 1. The number of ether oxygens (including phenoxy) is 1. The van der Waals surface area contributed by atoms with Crippen LogP contribution in [0.5, 0.6) is 0 Å². The molecule has 1 atom stereocenters. The van der Waals surface area contributed by atoms with Crippen LogP contribution in [0.1, 0.15) is 34.9 Å². The first-order chi connectivity index (χ1) is 13.3. The molecule has 0 radical (unpaired) electrons. The Bertz CT molecular complexity index is 1070. The molecule has 0 unspecified atom stereocenters. The van der Waals surface area contributed by atoms with Crippen LogP contribution in [-0.2, 0) is 20.7 Å². The molecule has 2 heterocycles. The molecule has 0 aliphatic heterocycles. The van der Waals surface area contributed by atoms with E-state index in [-0.39, 0.29) is 30.3 Å². The number of aromatic amines is 1. The molecule has 28 heavy (non-hydrogen) atoms. The molecule has 7 nitrogen and oxygen atoms in total. The standard InChI is InChI=1S/C20H21N3O4S/c1-11-13(3)28-20-17(11)19(26)22-18(23-20)12(2)27-16(25)10-21-15(24)9-14-7-5-4-6-8-14/h4-8,12H,9-10H2,1-3H3,(H,21,24)(H,22,23,26)/t12-/m0/s1. The van der Waals surface area contributed by atoms with Crippen LogP contribution < -0.4 is 10.9 Å². The van der Waals surface area contributed by atoms with Gasteiger partial charge in [-0.25, -0.2) is 4.98 Å². The SMILES string of the molecule is Cc1sc2nc([C@H](C)OC(=O)CNC(=O)Cc3ccccc3)[nH]c(=O)c2c1C. The van der Waals surface area contributed by atoms with Crippen molar-refractivity contribution in [1.82, 2.24) is 15.3 Å². The summed E-state index contributed by atoms with van der Waals surface area (Å²) in [5.41, 5.74) is 1.52. The van der Waals surface area contributed by atoms with Crippen molar-refractivity contribution < 1.29 is 14.3 Å². The molecule has 0 saturated heterocycles. The number of nitrogens with zero attached hydrogens (tertiary/aromatic N) is 1. The fraction of sp³-hybridized carbons (Fsp3) is 0.300. The second-order valence-electron chi connectivity index (χ2n) is 6.49. The van der Waals surface area contributed by atoms with Gasteiger partial charge in [0.1, 0.15) is 11.4 Å². The van der Waals surface area contributed by atoms with E-state index in [0.717, 1.165) is 16.0 Å². The van der Waals surface area contributed by atoms with E-state index in [0.29, 0.717) is 10.2 Å². The molecule has 2 aromatic heterocycles. The van der Waals surface area contributed by atoms with E-state index in [1.165, 1.54) is 11.3 Å². The molecular weight excluding hydrogens is 378 g/mol. The van der Waals surface area contributed by atoms with Gasteiger partial charge in [0.15, 0.2) is 11.9 Å². The molecule has 3 rings (SSSR count). The molecule has 2 N–H and O–H groups in total. The highest BCUT2D eigenvalue weighted by Gasteiger charge is 2.18. The number of aryl methyl sites for hydroxylation is 2. The van der Waals surface area contributed by atoms with Crippen molar-refractivity contribution in [3.05, 3.63) is 62.5 Å². The molecule has 1 amide bonds. The summed E-state index contributed by atoms with van der Waals surface area (Å²) >= 11 is 1.43. The third kappa shape index (κ3) is 4.45. The molecule has 3 aromatic rings. The third-order valence-electron chi connectivity index (χ3n) is 4.39. The molecule has 0 bridgehead atoms. The predicted octanol–water partition coefficient (Wildman–Crippen LogP) is 2.56. The van der Waals surface area contributed by atoms with Gasteiger partial charge in [-0.05, 0) is 31.9 Å². The second-order valence-corrected chi connectivity index (χ2v) is 7.69. The molecule has 0 saturated carbocycles. The van der Waals surface area contributed by atoms with E-state index in [4.69, 9.17) is 4.74 Å². The Morgan fingerprint density at radius 1 is 1.25 bits per heavy atom. The van der Waals surface area contributed by atoms with Crippen molar-refractivity contribution >= 4 is 33.4 Å². The third-order valence-corrected chi connectivity index (χ3v) is 5.49. The second kappa shape index (κ2) is 8.35. The molecule has 0 aliphatic carbocycles. The summed E-state index contributed by atoms with van der Waals surface area (Å²) in [5.74, 6) is -0.591. The number of hydrogen-bond donors (Lipinski definition) is 2. The van der Waals surface area contributed by atoms with Crippen LogP contribution in [0.3, 0.4) is 0 Å². The van der Waals surface area contributed by atoms with Crippen molar-refractivity contribution in [2.75, 3.05) is 6.54 Å². The van der Waals surface area contributed by atoms with E-state index < -0.39 is 12.1 Å². The van der Waals surface area contributed by atoms with E-state index in [9.17, 15) is 14.4 Å². The number of benzene rings is 1. The van der Waals surface area contributed by atoms with Gasteiger partial charge in [-0.2, -0.15) is 0 Å². The number of nitrogens with one attached hydrogen (secondary N) is 2. The number of carbonyl (C=O) groups is 2. The largest absolute Gasteiger partial charge is 0.453 e. The minimum Gasteiger partial charge on any atom is -0.453 e. The van der Waals surface area contributed by atoms with Gasteiger partial charge >= 0.3 is 5.97 Å². The smallest absolute Gasteiger partial charge is 0.326 e. The van der Waals surface area contributed by atoms with E-state index in [1.807, 2.05) is 44.2 Å². The van der Waals surface area contributed by atoms with Crippen molar-refractivity contribution in [2.24, 2.45) is 0 Å². The number of aromatic nitrogens is 2. The van der Waals surface area contributed by atoms with E-state index >= 15 is 0 Å². The number of thiophene rings is 1. The average molecular weight is 399 g/mol. The summed E-state index contributed by atoms with van der Waals surface area (Å²) in [7, 11) is 0. The quantitative estimate of drug-likeness (QED) is 0.621. The lowest BCUT2D eigenvalue weighted by Gasteiger charge is -2.13. The van der Waals surface area contributed by atoms with Gasteiger partial charge in [0.05, 0.1) is 11.8 Å². The van der Waals surface area contributed by atoms with Crippen molar-refractivity contribution in [2.45, 2.75) is 33.3 Å². The lowest BCUT2D eigenvalue weighted by atomic mass is 10.1. The van der Waals surface area contributed by atoms with Crippen molar-refractivity contribution in [3.8, 4) is 0 Å². The maximum absolute atomic E-state index is 12.3. The zero-order valence-corrected chi connectivity index (χ0v) is 16.7. The Labute approximate surface area is 165 Å². The van der Waals surface area contributed by atoms with E-state index in [2.05, 4.69) is 15.3 Å². The Balaban J connectivity index is 1.59. The van der Waals surface area contributed by atoms with Crippen LogP contribution >= 0.6 is 11.3 Å². The number of hydrogen-bond acceptors (Lipinski definition) is 6. The van der Waals surface area contributed by atoms with Crippen LogP contribution in [0.25, 0.3) is 10.2 Å². The van der Waals surface area contributed by atoms with Crippen LogP contribution in [0.4, 0.5) is 0 Å². The highest BCUT2D eigenvalue weighted by Crippen LogP contribution is 2.26. The maximum atomic E-state index is 12.3. The maximum Gasteiger partial charge on any atom is 0.326 e. The molecule has 0 spiro atoms.